The molecule has 1 unspecified atom stereocenters. The SMILES string of the molecule is CC(=N)N1CCCC1CC(C)C. The zero-order valence-corrected chi connectivity index (χ0v) is 8.43. The van der Waals surface area contributed by atoms with Crippen molar-refractivity contribution in [2.75, 3.05) is 6.54 Å². The van der Waals surface area contributed by atoms with Gasteiger partial charge in [-0.2, -0.15) is 0 Å². The fraction of sp³-hybridized carbons (Fsp3) is 0.900. The average molecular weight is 168 g/mol. The first-order valence-electron chi connectivity index (χ1n) is 4.93. The quantitative estimate of drug-likeness (QED) is 0.498. The summed E-state index contributed by atoms with van der Waals surface area (Å²) in [5.41, 5.74) is 0. The van der Waals surface area contributed by atoms with Gasteiger partial charge in [0, 0.05) is 12.6 Å². The molecular weight excluding hydrogens is 148 g/mol. The third-order valence-electron chi connectivity index (χ3n) is 2.55. The summed E-state index contributed by atoms with van der Waals surface area (Å²) in [4.78, 5) is 2.25. The Bertz CT molecular complexity index is 163. The number of hydrogen-bond donors (Lipinski definition) is 1. The van der Waals surface area contributed by atoms with E-state index in [0.717, 1.165) is 18.3 Å². The van der Waals surface area contributed by atoms with Gasteiger partial charge in [0.25, 0.3) is 0 Å². The molecule has 0 bridgehead atoms. The van der Waals surface area contributed by atoms with Gasteiger partial charge < -0.3 is 4.90 Å². The number of likely N-dealkylation sites (tertiary alicyclic amines) is 1. The van der Waals surface area contributed by atoms with Crippen LogP contribution in [0.3, 0.4) is 0 Å². The van der Waals surface area contributed by atoms with Crippen LogP contribution in [0.1, 0.15) is 40.0 Å². The normalized spacial score (nSPS) is 23.7. The lowest BCUT2D eigenvalue weighted by Gasteiger charge is -2.26. The number of amidine groups is 1. The van der Waals surface area contributed by atoms with Crippen LogP contribution in [-0.4, -0.2) is 23.3 Å². The molecule has 1 saturated heterocycles. The molecule has 1 rings (SSSR count). The Morgan fingerprint density at radius 2 is 2.25 bits per heavy atom. The Labute approximate surface area is 75.5 Å². The van der Waals surface area contributed by atoms with Crippen LogP contribution in [0.25, 0.3) is 0 Å². The van der Waals surface area contributed by atoms with Gasteiger partial charge in [-0.3, -0.25) is 5.41 Å². The molecule has 2 nitrogen and oxygen atoms in total. The zero-order chi connectivity index (χ0) is 9.14. The molecule has 0 spiro atoms. The highest BCUT2D eigenvalue weighted by Gasteiger charge is 2.24. The first-order chi connectivity index (χ1) is 5.61. The molecule has 2 heteroatoms. The lowest BCUT2D eigenvalue weighted by Crippen LogP contribution is -2.34. The topological polar surface area (TPSA) is 27.1 Å². The summed E-state index contributed by atoms with van der Waals surface area (Å²) < 4.78 is 0. The minimum absolute atomic E-state index is 0.655. The van der Waals surface area contributed by atoms with Gasteiger partial charge >= 0.3 is 0 Å². The molecule has 0 aromatic heterocycles. The molecule has 0 aromatic carbocycles. The van der Waals surface area contributed by atoms with Crippen molar-refractivity contribution in [1.82, 2.24) is 4.90 Å². The van der Waals surface area contributed by atoms with Crippen molar-refractivity contribution >= 4 is 5.84 Å². The van der Waals surface area contributed by atoms with Gasteiger partial charge in [-0.05, 0) is 32.1 Å². The third kappa shape index (κ3) is 2.23. The number of hydrogen-bond acceptors (Lipinski definition) is 1. The molecule has 1 N–H and O–H groups in total. The maximum absolute atomic E-state index is 7.59. The van der Waals surface area contributed by atoms with Crippen molar-refractivity contribution < 1.29 is 0 Å². The van der Waals surface area contributed by atoms with Gasteiger partial charge in [-0.25, -0.2) is 0 Å². The number of nitrogens with zero attached hydrogens (tertiary/aromatic N) is 1. The van der Waals surface area contributed by atoms with Crippen LogP contribution < -0.4 is 0 Å². The van der Waals surface area contributed by atoms with Crippen LogP contribution >= 0.6 is 0 Å². The number of nitrogens with one attached hydrogen (secondary N) is 1. The summed E-state index contributed by atoms with van der Waals surface area (Å²) in [6.07, 6.45) is 3.80. The van der Waals surface area contributed by atoms with Crippen LogP contribution in [0.15, 0.2) is 0 Å². The molecular formula is C10H20N2. The second-order valence-electron chi connectivity index (χ2n) is 4.20. The molecule has 1 atom stereocenters. The van der Waals surface area contributed by atoms with E-state index in [0.29, 0.717) is 6.04 Å². The predicted molar refractivity (Wildman–Crippen MR) is 52.6 cm³/mol. The van der Waals surface area contributed by atoms with Gasteiger partial charge in [0.05, 0.1) is 5.84 Å². The molecule has 1 fully saturated rings. The Kier molecular flexibility index (Phi) is 3.12. The minimum Gasteiger partial charge on any atom is -0.358 e. The van der Waals surface area contributed by atoms with E-state index < -0.39 is 0 Å². The first kappa shape index (κ1) is 9.56. The van der Waals surface area contributed by atoms with Gasteiger partial charge in [-0.15, -0.1) is 0 Å². The van der Waals surface area contributed by atoms with Crippen LogP contribution in [0.2, 0.25) is 0 Å². The lowest BCUT2D eigenvalue weighted by molar-refractivity contribution is 0.330. The molecule has 1 aliphatic rings. The van der Waals surface area contributed by atoms with Crippen LogP contribution in [-0.2, 0) is 0 Å². The van der Waals surface area contributed by atoms with E-state index in [1.807, 2.05) is 6.92 Å². The number of rotatable bonds is 2. The summed E-state index contributed by atoms with van der Waals surface area (Å²) >= 11 is 0. The van der Waals surface area contributed by atoms with E-state index in [1.165, 1.54) is 19.3 Å². The van der Waals surface area contributed by atoms with Crippen LogP contribution in [0, 0.1) is 11.3 Å². The van der Waals surface area contributed by atoms with Gasteiger partial charge in [0.2, 0.25) is 0 Å². The first-order valence-corrected chi connectivity index (χ1v) is 4.93. The van der Waals surface area contributed by atoms with Crippen LogP contribution in [0.5, 0.6) is 0 Å². The molecule has 70 valence electrons. The second kappa shape index (κ2) is 3.92. The lowest BCUT2D eigenvalue weighted by atomic mass is 10.0. The van der Waals surface area contributed by atoms with Crippen molar-refractivity contribution in [2.24, 2.45) is 5.92 Å². The molecule has 0 amide bonds. The van der Waals surface area contributed by atoms with Crippen molar-refractivity contribution in [1.29, 1.82) is 5.41 Å². The second-order valence-corrected chi connectivity index (χ2v) is 4.20. The molecule has 0 radical (unpaired) electrons. The van der Waals surface area contributed by atoms with Crippen molar-refractivity contribution in [3.63, 3.8) is 0 Å². The summed E-state index contributed by atoms with van der Waals surface area (Å²) in [5, 5.41) is 7.59. The predicted octanol–water partition coefficient (Wildman–Crippen LogP) is 2.49. The minimum atomic E-state index is 0.655. The van der Waals surface area contributed by atoms with E-state index in [1.54, 1.807) is 0 Å². The molecule has 1 aliphatic heterocycles. The van der Waals surface area contributed by atoms with Crippen molar-refractivity contribution in [2.45, 2.75) is 46.1 Å². The standard InChI is InChI=1S/C10H20N2/c1-8(2)7-10-5-4-6-12(10)9(3)11/h8,10-11H,4-7H2,1-3H3. The van der Waals surface area contributed by atoms with E-state index in [9.17, 15) is 0 Å². The largest absolute Gasteiger partial charge is 0.358 e. The smallest absolute Gasteiger partial charge is 0.0928 e. The van der Waals surface area contributed by atoms with E-state index >= 15 is 0 Å². The molecule has 0 saturated carbocycles. The molecule has 1 heterocycles. The van der Waals surface area contributed by atoms with E-state index in [4.69, 9.17) is 5.41 Å². The fourth-order valence-corrected chi connectivity index (χ4v) is 2.07. The Hall–Kier alpha value is -0.530. The van der Waals surface area contributed by atoms with Crippen molar-refractivity contribution in [3.05, 3.63) is 0 Å². The highest BCUT2D eigenvalue weighted by molar-refractivity contribution is 5.76. The summed E-state index contributed by atoms with van der Waals surface area (Å²) in [7, 11) is 0. The molecule has 0 aliphatic carbocycles. The Morgan fingerprint density at radius 1 is 1.58 bits per heavy atom. The summed E-state index contributed by atoms with van der Waals surface area (Å²) in [6, 6.07) is 0.655. The van der Waals surface area contributed by atoms with Crippen LogP contribution in [0.4, 0.5) is 0 Å². The fourth-order valence-electron chi connectivity index (χ4n) is 2.07. The summed E-state index contributed by atoms with van der Waals surface area (Å²) in [5.74, 6) is 1.51. The van der Waals surface area contributed by atoms with Crippen molar-refractivity contribution in [3.8, 4) is 0 Å². The summed E-state index contributed by atoms with van der Waals surface area (Å²) in [6.45, 7) is 7.52. The van der Waals surface area contributed by atoms with E-state index in [-0.39, 0.29) is 0 Å². The monoisotopic (exact) mass is 168 g/mol. The zero-order valence-electron chi connectivity index (χ0n) is 8.43. The third-order valence-corrected chi connectivity index (χ3v) is 2.55. The Morgan fingerprint density at radius 3 is 2.75 bits per heavy atom. The maximum Gasteiger partial charge on any atom is 0.0928 e. The maximum atomic E-state index is 7.59. The van der Waals surface area contributed by atoms with Gasteiger partial charge in [-0.1, -0.05) is 13.8 Å². The van der Waals surface area contributed by atoms with Gasteiger partial charge in [0.15, 0.2) is 0 Å². The molecule has 12 heavy (non-hydrogen) atoms. The Balaban J connectivity index is 2.46. The average Bonchev–Trinajstić information content (AvgIpc) is 2.33. The van der Waals surface area contributed by atoms with E-state index in [2.05, 4.69) is 18.7 Å². The molecule has 0 aromatic rings. The van der Waals surface area contributed by atoms with Gasteiger partial charge in [0.1, 0.15) is 0 Å². The highest BCUT2D eigenvalue weighted by atomic mass is 15.2. The highest BCUT2D eigenvalue weighted by Crippen LogP contribution is 2.23.